The van der Waals surface area contributed by atoms with E-state index in [1.165, 1.54) is 12.8 Å². The zero-order valence-electron chi connectivity index (χ0n) is 14.2. The normalized spacial score (nSPS) is 23.2. The monoisotopic (exact) mass is 298 g/mol. The Hall–Kier alpha value is -0.610. The Balaban J connectivity index is 2.27. The molecule has 0 spiro atoms. The third-order valence-corrected chi connectivity index (χ3v) is 4.51. The molecule has 0 aromatic carbocycles. The Morgan fingerprint density at radius 3 is 2.76 bits per heavy atom. The largest absolute Gasteiger partial charge is 0.385 e. The van der Waals surface area contributed by atoms with Gasteiger partial charge in [0.05, 0.1) is 5.92 Å². The average molecular weight is 298 g/mol. The smallest absolute Gasteiger partial charge is 0.224 e. The lowest BCUT2D eigenvalue weighted by Crippen LogP contribution is -2.47. The highest BCUT2D eigenvalue weighted by Crippen LogP contribution is 2.22. The van der Waals surface area contributed by atoms with Gasteiger partial charge in [-0.05, 0) is 52.0 Å². The molecule has 4 heteroatoms. The maximum absolute atomic E-state index is 12.2. The van der Waals surface area contributed by atoms with Crippen LogP contribution in [0, 0.1) is 5.92 Å². The van der Waals surface area contributed by atoms with Gasteiger partial charge in [0.2, 0.25) is 5.91 Å². The molecule has 4 nitrogen and oxygen atoms in total. The molecule has 0 aliphatic carbocycles. The molecule has 1 heterocycles. The van der Waals surface area contributed by atoms with Crippen molar-refractivity contribution < 1.29 is 9.53 Å². The number of unbranched alkanes of at least 4 members (excludes halogenated alkanes) is 3. The van der Waals surface area contributed by atoms with E-state index >= 15 is 0 Å². The third kappa shape index (κ3) is 7.28. The second-order valence-corrected chi connectivity index (χ2v) is 6.32. The molecular formula is C17H34N2O2. The fraction of sp³-hybridized carbons (Fsp3) is 0.941. The van der Waals surface area contributed by atoms with Crippen molar-refractivity contribution in [3.63, 3.8) is 0 Å². The topological polar surface area (TPSA) is 41.6 Å². The van der Waals surface area contributed by atoms with E-state index in [1.54, 1.807) is 7.11 Å². The number of hydrogen-bond acceptors (Lipinski definition) is 3. The second-order valence-electron chi connectivity index (χ2n) is 6.32. The van der Waals surface area contributed by atoms with E-state index in [-0.39, 0.29) is 11.8 Å². The van der Waals surface area contributed by atoms with Crippen molar-refractivity contribution in [2.45, 2.75) is 64.8 Å². The summed E-state index contributed by atoms with van der Waals surface area (Å²) in [7, 11) is 1.76. The zero-order chi connectivity index (χ0) is 15.5. The van der Waals surface area contributed by atoms with E-state index in [4.69, 9.17) is 4.74 Å². The molecular weight excluding hydrogens is 264 g/mol. The maximum atomic E-state index is 12.2. The number of piperidine rings is 1. The number of hydrogen-bond donors (Lipinski definition) is 1. The predicted octanol–water partition coefficient (Wildman–Crippen LogP) is 2.82. The summed E-state index contributed by atoms with van der Waals surface area (Å²) in [6.45, 7) is 8.18. The summed E-state index contributed by atoms with van der Waals surface area (Å²) < 4.78 is 5.08. The highest BCUT2D eigenvalue weighted by molar-refractivity contribution is 5.78. The standard InChI is InChI=1S/C17H34N2O2/c1-4-5-11-18-17(20)16-10-9-15(2)19(14-16)12-7-6-8-13-21-3/h15-16H,4-14H2,1-3H3,(H,18,20)/t15-,16-/m1/s1. The highest BCUT2D eigenvalue weighted by Gasteiger charge is 2.29. The number of methoxy groups -OCH3 is 1. The van der Waals surface area contributed by atoms with Crippen LogP contribution in [0.3, 0.4) is 0 Å². The number of carbonyl (C=O) groups excluding carboxylic acids is 1. The number of nitrogens with one attached hydrogen (secondary N) is 1. The molecule has 0 aromatic heterocycles. The molecule has 1 amide bonds. The van der Waals surface area contributed by atoms with E-state index in [0.717, 1.165) is 58.3 Å². The summed E-state index contributed by atoms with van der Waals surface area (Å²) >= 11 is 0. The Morgan fingerprint density at radius 2 is 2.05 bits per heavy atom. The average Bonchev–Trinajstić information content (AvgIpc) is 2.49. The fourth-order valence-electron chi connectivity index (χ4n) is 2.98. The lowest BCUT2D eigenvalue weighted by Gasteiger charge is -2.37. The molecule has 124 valence electrons. The third-order valence-electron chi connectivity index (χ3n) is 4.51. The molecule has 1 saturated heterocycles. The molecule has 0 unspecified atom stereocenters. The van der Waals surface area contributed by atoms with Crippen molar-refractivity contribution >= 4 is 5.91 Å². The quantitative estimate of drug-likeness (QED) is 0.631. The lowest BCUT2D eigenvalue weighted by molar-refractivity contribution is -0.127. The van der Waals surface area contributed by atoms with Gasteiger partial charge in [-0.3, -0.25) is 9.69 Å². The van der Waals surface area contributed by atoms with Gasteiger partial charge in [0, 0.05) is 32.8 Å². The number of carbonyl (C=O) groups is 1. The SMILES string of the molecule is CCCCNC(=O)[C@@H]1CC[C@@H](C)N(CCCCCOC)C1. The van der Waals surface area contributed by atoms with Crippen LogP contribution in [0.15, 0.2) is 0 Å². The summed E-state index contributed by atoms with van der Waals surface area (Å²) in [5, 5.41) is 3.09. The van der Waals surface area contributed by atoms with Crippen LogP contribution in [0.2, 0.25) is 0 Å². The van der Waals surface area contributed by atoms with Gasteiger partial charge in [0.15, 0.2) is 0 Å². The Kier molecular flexibility index (Phi) is 9.68. The van der Waals surface area contributed by atoms with Crippen molar-refractivity contribution in [1.29, 1.82) is 0 Å². The van der Waals surface area contributed by atoms with E-state index in [1.807, 2.05) is 0 Å². The summed E-state index contributed by atoms with van der Waals surface area (Å²) in [4.78, 5) is 14.7. The minimum Gasteiger partial charge on any atom is -0.385 e. The van der Waals surface area contributed by atoms with Gasteiger partial charge in [0.25, 0.3) is 0 Å². The minimum absolute atomic E-state index is 0.192. The first-order valence-corrected chi connectivity index (χ1v) is 8.69. The van der Waals surface area contributed by atoms with Crippen molar-refractivity contribution in [3.05, 3.63) is 0 Å². The number of ether oxygens (including phenoxy) is 1. The highest BCUT2D eigenvalue weighted by atomic mass is 16.5. The van der Waals surface area contributed by atoms with Crippen molar-refractivity contribution in [3.8, 4) is 0 Å². The zero-order valence-corrected chi connectivity index (χ0v) is 14.2. The molecule has 0 saturated carbocycles. The molecule has 0 bridgehead atoms. The molecule has 2 atom stereocenters. The summed E-state index contributed by atoms with van der Waals surface area (Å²) in [5.41, 5.74) is 0. The summed E-state index contributed by atoms with van der Waals surface area (Å²) in [6.07, 6.45) is 7.96. The maximum Gasteiger partial charge on any atom is 0.224 e. The molecule has 1 aliphatic rings. The number of amides is 1. The van der Waals surface area contributed by atoms with Crippen LogP contribution in [0.4, 0.5) is 0 Å². The van der Waals surface area contributed by atoms with Crippen molar-refractivity contribution in [2.24, 2.45) is 5.92 Å². The minimum atomic E-state index is 0.192. The summed E-state index contributed by atoms with van der Waals surface area (Å²) in [5.74, 6) is 0.455. The van der Waals surface area contributed by atoms with Crippen molar-refractivity contribution in [2.75, 3.05) is 33.4 Å². The van der Waals surface area contributed by atoms with Crippen LogP contribution in [-0.4, -0.2) is 50.2 Å². The Bertz CT molecular complexity index is 284. The van der Waals surface area contributed by atoms with Gasteiger partial charge in [-0.2, -0.15) is 0 Å². The Morgan fingerprint density at radius 1 is 1.24 bits per heavy atom. The van der Waals surface area contributed by atoms with E-state index < -0.39 is 0 Å². The van der Waals surface area contributed by atoms with Crippen LogP contribution in [0.1, 0.15) is 58.8 Å². The van der Waals surface area contributed by atoms with E-state index in [9.17, 15) is 4.79 Å². The van der Waals surface area contributed by atoms with Crippen LogP contribution >= 0.6 is 0 Å². The van der Waals surface area contributed by atoms with Crippen LogP contribution < -0.4 is 5.32 Å². The number of likely N-dealkylation sites (tertiary alicyclic amines) is 1. The van der Waals surface area contributed by atoms with Crippen LogP contribution in [0.5, 0.6) is 0 Å². The van der Waals surface area contributed by atoms with Gasteiger partial charge in [0.1, 0.15) is 0 Å². The molecule has 1 N–H and O–H groups in total. The Labute approximate surface area is 130 Å². The van der Waals surface area contributed by atoms with Crippen molar-refractivity contribution in [1.82, 2.24) is 10.2 Å². The number of nitrogens with zero attached hydrogens (tertiary/aromatic N) is 1. The summed E-state index contributed by atoms with van der Waals surface area (Å²) in [6, 6.07) is 0.618. The van der Waals surface area contributed by atoms with Gasteiger partial charge in [-0.15, -0.1) is 0 Å². The first-order chi connectivity index (χ1) is 10.2. The number of rotatable bonds is 10. The predicted molar refractivity (Wildman–Crippen MR) is 87.4 cm³/mol. The fourth-order valence-corrected chi connectivity index (χ4v) is 2.98. The molecule has 1 aliphatic heterocycles. The van der Waals surface area contributed by atoms with E-state index in [2.05, 4.69) is 24.1 Å². The first kappa shape index (κ1) is 18.4. The first-order valence-electron chi connectivity index (χ1n) is 8.69. The van der Waals surface area contributed by atoms with Gasteiger partial charge >= 0.3 is 0 Å². The van der Waals surface area contributed by atoms with Gasteiger partial charge < -0.3 is 10.1 Å². The molecule has 21 heavy (non-hydrogen) atoms. The lowest BCUT2D eigenvalue weighted by atomic mass is 9.92. The van der Waals surface area contributed by atoms with Crippen LogP contribution in [-0.2, 0) is 9.53 Å². The van der Waals surface area contributed by atoms with Gasteiger partial charge in [-0.1, -0.05) is 13.3 Å². The second kappa shape index (κ2) is 11.0. The molecule has 0 aromatic rings. The van der Waals surface area contributed by atoms with Gasteiger partial charge in [-0.25, -0.2) is 0 Å². The van der Waals surface area contributed by atoms with Crippen LogP contribution in [0.25, 0.3) is 0 Å². The molecule has 1 rings (SSSR count). The molecule has 0 radical (unpaired) electrons. The van der Waals surface area contributed by atoms with E-state index in [0.29, 0.717) is 6.04 Å². The molecule has 1 fully saturated rings.